The maximum absolute atomic E-state index is 9.26. The summed E-state index contributed by atoms with van der Waals surface area (Å²) in [5.74, 6) is 1.68. The van der Waals surface area contributed by atoms with Gasteiger partial charge in [0.15, 0.2) is 5.82 Å². The van der Waals surface area contributed by atoms with E-state index in [1.165, 1.54) is 18.4 Å². The average Bonchev–Trinajstić information content (AvgIpc) is 3.22. The lowest BCUT2D eigenvalue weighted by atomic mass is 10.2. The summed E-state index contributed by atoms with van der Waals surface area (Å²) < 4.78 is 1.62. The Hall–Kier alpha value is -2.48. The Kier molecular flexibility index (Phi) is 3.07. The monoisotopic (exact) mass is 267 g/mol. The Morgan fingerprint density at radius 2 is 2.10 bits per heavy atom. The number of rotatable bonds is 4. The van der Waals surface area contributed by atoms with Crippen LogP contribution in [-0.2, 0) is 0 Å². The van der Waals surface area contributed by atoms with Crippen LogP contribution in [0.15, 0.2) is 24.3 Å². The summed E-state index contributed by atoms with van der Waals surface area (Å²) in [6.07, 6.45) is 2.51. The molecule has 1 aromatic heterocycles. The maximum Gasteiger partial charge on any atom is 0.168 e. The van der Waals surface area contributed by atoms with Crippen LogP contribution in [0.5, 0.6) is 0 Å². The van der Waals surface area contributed by atoms with E-state index in [0.717, 1.165) is 12.2 Å². The van der Waals surface area contributed by atoms with Crippen molar-refractivity contribution in [3.8, 4) is 11.8 Å². The Balaban J connectivity index is 1.94. The maximum atomic E-state index is 9.26. The normalized spacial score (nSPS) is 14.0. The first-order valence-corrected chi connectivity index (χ1v) is 6.78. The number of aryl methyl sites for hydroxylation is 1. The zero-order chi connectivity index (χ0) is 14.1. The zero-order valence-corrected chi connectivity index (χ0v) is 11.4. The van der Waals surface area contributed by atoms with Crippen molar-refractivity contribution in [2.24, 2.45) is 5.92 Å². The predicted molar refractivity (Wildman–Crippen MR) is 78.6 cm³/mol. The molecule has 0 unspecified atom stereocenters. The van der Waals surface area contributed by atoms with Crippen LogP contribution < -0.4 is 11.1 Å². The molecule has 0 aliphatic heterocycles. The number of nitrogen functional groups attached to an aromatic ring is 1. The first kappa shape index (κ1) is 12.5. The van der Waals surface area contributed by atoms with Gasteiger partial charge in [0, 0.05) is 6.54 Å². The summed E-state index contributed by atoms with van der Waals surface area (Å²) in [7, 11) is 0. The van der Waals surface area contributed by atoms with Crippen molar-refractivity contribution in [2.45, 2.75) is 19.8 Å². The van der Waals surface area contributed by atoms with E-state index in [9.17, 15) is 5.26 Å². The molecule has 0 amide bonds. The van der Waals surface area contributed by atoms with Gasteiger partial charge in [0.1, 0.15) is 17.5 Å². The number of nitrogens with one attached hydrogen (secondary N) is 1. The number of hydrogen-bond acceptors (Lipinski definition) is 4. The van der Waals surface area contributed by atoms with Gasteiger partial charge in [-0.2, -0.15) is 5.26 Å². The predicted octanol–water partition coefficient (Wildman–Crippen LogP) is 2.46. The van der Waals surface area contributed by atoms with Crippen molar-refractivity contribution in [3.05, 3.63) is 35.4 Å². The second-order valence-corrected chi connectivity index (χ2v) is 5.29. The van der Waals surface area contributed by atoms with Crippen LogP contribution in [0.2, 0.25) is 0 Å². The molecule has 0 spiro atoms. The van der Waals surface area contributed by atoms with Crippen molar-refractivity contribution < 1.29 is 0 Å². The first-order valence-electron chi connectivity index (χ1n) is 6.78. The van der Waals surface area contributed by atoms with Gasteiger partial charge < -0.3 is 11.1 Å². The number of anilines is 2. The van der Waals surface area contributed by atoms with Crippen molar-refractivity contribution >= 4 is 11.6 Å². The lowest BCUT2D eigenvalue weighted by molar-refractivity contribution is 0.854. The number of aromatic nitrogens is 2. The molecule has 0 radical (unpaired) electrons. The molecule has 2 aromatic rings. The first-order chi connectivity index (χ1) is 9.69. The molecular formula is C15H17N5. The molecule has 0 atom stereocenters. The summed E-state index contributed by atoms with van der Waals surface area (Å²) in [6, 6.07) is 10.0. The minimum Gasteiger partial charge on any atom is -0.382 e. The van der Waals surface area contributed by atoms with Gasteiger partial charge in [-0.3, -0.25) is 0 Å². The fraction of sp³-hybridized carbons (Fsp3) is 0.333. The van der Waals surface area contributed by atoms with Gasteiger partial charge in [-0.1, -0.05) is 17.7 Å². The topological polar surface area (TPSA) is 79.7 Å². The van der Waals surface area contributed by atoms with E-state index in [-0.39, 0.29) is 0 Å². The van der Waals surface area contributed by atoms with Gasteiger partial charge in [-0.15, -0.1) is 5.10 Å². The molecule has 1 aliphatic carbocycles. The fourth-order valence-electron chi connectivity index (χ4n) is 2.11. The smallest absolute Gasteiger partial charge is 0.168 e. The number of hydrogen-bond donors (Lipinski definition) is 2. The van der Waals surface area contributed by atoms with Crippen LogP contribution in [0.3, 0.4) is 0 Å². The molecule has 0 saturated heterocycles. The molecule has 3 N–H and O–H groups in total. The van der Waals surface area contributed by atoms with Crippen LogP contribution in [0.4, 0.5) is 11.6 Å². The SMILES string of the molecule is Cc1ccc(-n2nc(NCC3CC3)c(C#N)c2N)cc1. The molecule has 1 saturated carbocycles. The van der Waals surface area contributed by atoms with E-state index in [2.05, 4.69) is 16.5 Å². The zero-order valence-electron chi connectivity index (χ0n) is 11.4. The highest BCUT2D eigenvalue weighted by Gasteiger charge is 2.23. The minimum atomic E-state index is 0.384. The van der Waals surface area contributed by atoms with Crippen molar-refractivity contribution in [3.63, 3.8) is 0 Å². The average molecular weight is 267 g/mol. The summed E-state index contributed by atoms with van der Waals surface area (Å²) in [5, 5.41) is 16.9. The van der Waals surface area contributed by atoms with E-state index in [0.29, 0.717) is 23.1 Å². The molecule has 5 heteroatoms. The van der Waals surface area contributed by atoms with E-state index in [1.807, 2.05) is 31.2 Å². The molecule has 1 aliphatic rings. The number of nitriles is 1. The summed E-state index contributed by atoms with van der Waals surface area (Å²) in [4.78, 5) is 0. The van der Waals surface area contributed by atoms with E-state index in [4.69, 9.17) is 5.73 Å². The molecular weight excluding hydrogens is 250 g/mol. The quantitative estimate of drug-likeness (QED) is 0.891. The Labute approximate surface area is 118 Å². The summed E-state index contributed by atoms with van der Waals surface area (Å²) in [6.45, 7) is 2.89. The highest BCUT2D eigenvalue weighted by atomic mass is 15.3. The summed E-state index contributed by atoms with van der Waals surface area (Å²) in [5.41, 5.74) is 8.51. The molecule has 102 valence electrons. The van der Waals surface area contributed by atoms with Gasteiger partial charge in [-0.05, 0) is 37.8 Å². The third-order valence-electron chi connectivity index (χ3n) is 3.57. The standard InChI is InChI=1S/C15H17N5/c1-10-2-6-12(7-3-10)20-14(17)13(8-16)15(19-20)18-9-11-4-5-11/h2-3,6-7,11H,4-5,9,17H2,1H3,(H,18,19). The Bertz CT molecular complexity index is 659. The third kappa shape index (κ3) is 2.32. The van der Waals surface area contributed by atoms with Gasteiger partial charge in [-0.25, -0.2) is 4.68 Å². The van der Waals surface area contributed by atoms with Crippen molar-refractivity contribution in [1.29, 1.82) is 5.26 Å². The van der Waals surface area contributed by atoms with E-state index < -0.39 is 0 Å². The fourth-order valence-corrected chi connectivity index (χ4v) is 2.11. The van der Waals surface area contributed by atoms with Crippen LogP contribution in [0.1, 0.15) is 24.0 Å². The van der Waals surface area contributed by atoms with Crippen molar-refractivity contribution in [1.82, 2.24) is 9.78 Å². The second kappa shape index (κ2) is 4.89. The molecule has 1 fully saturated rings. The molecule has 3 rings (SSSR count). The number of nitrogens with two attached hydrogens (primary N) is 1. The lowest BCUT2D eigenvalue weighted by Crippen LogP contribution is -2.05. The van der Waals surface area contributed by atoms with Gasteiger partial charge >= 0.3 is 0 Å². The third-order valence-corrected chi connectivity index (χ3v) is 3.57. The molecule has 0 bridgehead atoms. The van der Waals surface area contributed by atoms with Crippen molar-refractivity contribution in [2.75, 3.05) is 17.6 Å². The minimum absolute atomic E-state index is 0.384. The second-order valence-electron chi connectivity index (χ2n) is 5.29. The summed E-state index contributed by atoms with van der Waals surface area (Å²) >= 11 is 0. The highest BCUT2D eigenvalue weighted by Crippen LogP contribution is 2.30. The molecule has 20 heavy (non-hydrogen) atoms. The van der Waals surface area contributed by atoms with E-state index in [1.54, 1.807) is 4.68 Å². The van der Waals surface area contributed by atoms with E-state index >= 15 is 0 Å². The van der Waals surface area contributed by atoms with Crippen LogP contribution in [-0.4, -0.2) is 16.3 Å². The Morgan fingerprint density at radius 3 is 2.70 bits per heavy atom. The highest BCUT2D eigenvalue weighted by molar-refractivity contribution is 5.66. The number of nitrogens with zero attached hydrogens (tertiary/aromatic N) is 3. The lowest BCUT2D eigenvalue weighted by Gasteiger charge is -2.04. The molecule has 1 aromatic carbocycles. The van der Waals surface area contributed by atoms with Crippen LogP contribution in [0.25, 0.3) is 5.69 Å². The van der Waals surface area contributed by atoms with Gasteiger partial charge in [0.05, 0.1) is 5.69 Å². The largest absolute Gasteiger partial charge is 0.382 e. The number of benzene rings is 1. The van der Waals surface area contributed by atoms with Gasteiger partial charge in [0.25, 0.3) is 0 Å². The Morgan fingerprint density at radius 1 is 1.40 bits per heavy atom. The van der Waals surface area contributed by atoms with Crippen LogP contribution >= 0.6 is 0 Å². The molecule has 5 nitrogen and oxygen atoms in total. The van der Waals surface area contributed by atoms with Gasteiger partial charge in [0.2, 0.25) is 0 Å². The molecule has 1 heterocycles. The van der Waals surface area contributed by atoms with Crippen LogP contribution in [0, 0.1) is 24.2 Å².